The fraction of sp³-hybridized carbons (Fsp3) is 0.400. The molecule has 5 nitrogen and oxygen atoms in total. The van der Waals surface area contributed by atoms with Crippen LogP contribution in [0.1, 0.15) is 0 Å². The summed E-state index contributed by atoms with van der Waals surface area (Å²) in [5.41, 5.74) is 2.82. The van der Waals surface area contributed by atoms with Gasteiger partial charge < -0.3 is 10.5 Å². The molecule has 2 unspecified atom stereocenters. The minimum atomic E-state index is -2.00. The zero-order chi connectivity index (χ0) is 9.84. The Balaban J connectivity index is 2.63. The molecule has 0 aliphatic carbocycles. The van der Waals surface area contributed by atoms with Crippen LogP contribution in [0, 0.1) is 0 Å². The molecule has 0 saturated heterocycles. The quantitative estimate of drug-likeness (QED) is 0.748. The number of amides is 1. The van der Waals surface area contributed by atoms with Crippen LogP contribution in [0.3, 0.4) is 0 Å². The molecule has 0 radical (unpaired) electrons. The van der Waals surface area contributed by atoms with Crippen molar-refractivity contribution in [2.75, 3.05) is 0 Å². The van der Waals surface area contributed by atoms with E-state index in [0.717, 1.165) is 11.5 Å². The van der Waals surface area contributed by atoms with Crippen LogP contribution in [0.5, 0.6) is 5.88 Å². The summed E-state index contributed by atoms with van der Waals surface area (Å²) in [6, 6.07) is 0. The van der Waals surface area contributed by atoms with Crippen molar-refractivity contribution in [2.24, 2.45) is 5.73 Å². The number of carbonyl (C=O) groups excluding carboxylic acids is 1. The molecule has 1 amide bonds. The fourth-order valence-corrected chi connectivity index (χ4v) is 1.11. The van der Waals surface area contributed by atoms with Crippen molar-refractivity contribution in [1.29, 1.82) is 0 Å². The third-order valence-electron chi connectivity index (χ3n) is 1.10. The van der Waals surface area contributed by atoms with Crippen LogP contribution >= 0.6 is 23.1 Å². The van der Waals surface area contributed by atoms with Gasteiger partial charge in [0.25, 0.3) is 5.91 Å². The predicted octanol–water partition coefficient (Wildman–Crippen LogP) is 0.305. The highest BCUT2D eigenvalue weighted by atomic mass is 35.5. The first-order valence-corrected chi connectivity index (χ1v) is 4.39. The van der Waals surface area contributed by atoms with Crippen LogP contribution in [0.4, 0.5) is 4.39 Å². The molecular formula is C5H5ClFN3O2S. The normalized spacial score (nSPS) is 14.9. The number of nitrogens with two attached hydrogens (primary N) is 1. The van der Waals surface area contributed by atoms with Crippen molar-refractivity contribution in [3.63, 3.8) is 0 Å². The van der Waals surface area contributed by atoms with E-state index in [1.165, 1.54) is 5.38 Å². The number of halogens is 2. The molecule has 0 aliphatic rings. The maximum Gasteiger partial charge on any atom is 0.263 e. The molecule has 0 spiro atoms. The summed E-state index contributed by atoms with van der Waals surface area (Å²) in [5.74, 6) is -0.965. The largest absolute Gasteiger partial charge is 0.458 e. The highest BCUT2D eigenvalue weighted by Gasteiger charge is 2.27. The van der Waals surface area contributed by atoms with E-state index in [4.69, 9.17) is 22.1 Å². The van der Waals surface area contributed by atoms with Gasteiger partial charge >= 0.3 is 0 Å². The summed E-state index contributed by atoms with van der Waals surface area (Å²) in [4.78, 5) is 10.6. The van der Waals surface area contributed by atoms with Gasteiger partial charge in [0.05, 0.1) is 5.38 Å². The second-order valence-electron chi connectivity index (χ2n) is 2.02. The lowest BCUT2D eigenvalue weighted by Crippen LogP contribution is -2.39. The van der Waals surface area contributed by atoms with Crippen LogP contribution in [-0.4, -0.2) is 27.2 Å². The Labute approximate surface area is 81.8 Å². The van der Waals surface area contributed by atoms with Gasteiger partial charge in [0.15, 0.2) is 0 Å². The minimum Gasteiger partial charge on any atom is -0.458 e. The van der Waals surface area contributed by atoms with E-state index in [1.807, 2.05) is 0 Å². The van der Waals surface area contributed by atoms with E-state index in [2.05, 4.69) is 9.59 Å². The van der Waals surface area contributed by atoms with Crippen molar-refractivity contribution >= 4 is 29.0 Å². The number of hydrogen-bond acceptors (Lipinski definition) is 5. The molecule has 13 heavy (non-hydrogen) atoms. The van der Waals surface area contributed by atoms with E-state index < -0.39 is 17.6 Å². The van der Waals surface area contributed by atoms with Crippen LogP contribution in [0.2, 0.25) is 0 Å². The monoisotopic (exact) mass is 225 g/mol. The van der Waals surface area contributed by atoms with Crippen LogP contribution in [-0.2, 0) is 4.79 Å². The highest BCUT2D eigenvalue weighted by Crippen LogP contribution is 2.14. The number of ether oxygens (including phenoxy) is 1. The topological polar surface area (TPSA) is 78.1 Å². The second kappa shape index (κ2) is 4.33. The van der Waals surface area contributed by atoms with Crippen LogP contribution < -0.4 is 10.5 Å². The highest BCUT2D eigenvalue weighted by molar-refractivity contribution is 7.03. The number of alkyl halides is 2. The van der Waals surface area contributed by atoms with Crippen molar-refractivity contribution in [3.8, 4) is 5.88 Å². The van der Waals surface area contributed by atoms with E-state index in [0.29, 0.717) is 0 Å². The Hall–Kier alpha value is -0.950. The maximum absolute atomic E-state index is 12.5. The summed E-state index contributed by atoms with van der Waals surface area (Å²) in [7, 11) is 0. The smallest absolute Gasteiger partial charge is 0.263 e. The number of aromatic nitrogens is 2. The summed E-state index contributed by atoms with van der Waals surface area (Å²) in [6.07, 6.45) is -1.54. The van der Waals surface area contributed by atoms with Gasteiger partial charge in [-0.3, -0.25) is 4.79 Å². The first-order valence-electron chi connectivity index (χ1n) is 3.12. The molecular weight excluding hydrogens is 221 g/mol. The molecule has 0 aliphatic heterocycles. The molecule has 0 bridgehead atoms. The minimum absolute atomic E-state index is 0.0251. The lowest BCUT2D eigenvalue weighted by atomic mass is 10.4. The third-order valence-corrected chi connectivity index (χ3v) is 1.81. The van der Waals surface area contributed by atoms with Gasteiger partial charge in [-0.1, -0.05) is 21.2 Å². The van der Waals surface area contributed by atoms with Crippen molar-refractivity contribution < 1.29 is 13.9 Å². The number of rotatable bonds is 4. The van der Waals surface area contributed by atoms with Crippen LogP contribution in [0.15, 0.2) is 5.38 Å². The average Bonchev–Trinajstić information content (AvgIpc) is 2.50. The lowest BCUT2D eigenvalue weighted by Gasteiger charge is -2.12. The van der Waals surface area contributed by atoms with E-state index in [9.17, 15) is 9.18 Å². The Bertz CT molecular complexity index is 281. The van der Waals surface area contributed by atoms with Gasteiger partial charge in [-0.05, 0) is 11.5 Å². The number of primary amides is 1. The van der Waals surface area contributed by atoms with E-state index >= 15 is 0 Å². The summed E-state index contributed by atoms with van der Waals surface area (Å²) in [6.45, 7) is 0. The first kappa shape index (κ1) is 10.1. The Morgan fingerprint density at radius 1 is 1.85 bits per heavy atom. The van der Waals surface area contributed by atoms with Gasteiger partial charge in [0, 0.05) is 0 Å². The van der Waals surface area contributed by atoms with Gasteiger partial charge in [0.2, 0.25) is 17.6 Å². The fourth-order valence-electron chi connectivity index (χ4n) is 0.571. The zero-order valence-corrected chi connectivity index (χ0v) is 7.76. The molecule has 1 heterocycles. The molecule has 8 heteroatoms. The van der Waals surface area contributed by atoms with Gasteiger partial charge in [0.1, 0.15) is 0 Å². The van der Waals surface area contributed by atoms with Crippen molar-refractivity contribution in [3.05, 3.63) is 5.38 Å². The molecule has 0 fully saturated rings. The molecule has 2 N–H and O–H groups in total. The Kier molecular flexibility index (Phi) is 3.38. The molecule has 72 valence electrons. The molecule has 1 aromatic heterocycles. The second-order valence-corrected chi connectivity index (χ2v) is 3.05. The predicted molar refractivity (Wildman–Crippen MR) is 44.3 cm³/mol. The third kappa shape index (κ3) is 2.78. The van der Waals surface area contributed by atoms with Crippen molar-refractivity contribution in [1.82, 2.24) is 9.59 Å². The lowest BCUT2D eigenvalue weighted by molar-refractivity contribution is -0.126. The van der Waals surface area contributed by atoms with Gasteiger partial charge in [-0.2, -0.15) is 0 Å². The maximum atomic E-state index is 12.5. The number of carbonyl (C=O) groups is 1. The number of hydrogen-bond donors (Lipinski definition) is 1. The Morgan fingerprint density at radius 3 is 2.92 bits per heavy atom. The molecule has 1 aromatic rings. The Morgan fingerprint density at radius 2 is 2.54 bits per heavy atom. The van der Waals surface area contributed by atoms with Gasteiger partial charge in [-0.15, -0.1) is 0 Å². The van der Waals surface area contributed by atoms with Gasteiger partial charge in [-0.25, -0.2) is 4.39 Å². The zero-order valence-electron chi connectivity index (χ0n) is 6.18. The average molecular weight is 226 g/mol. The summed E-state index contributed by atoms with van der Waals surface area (Å²) in [5, 5.41) is 4.83. The van der Waals surface area contributed by atoms with Crippen LogP contribution in [0.25, 0.3) is 0 Å². The van der Waals surface area contributed by atoms with Crippen molar-refractivity contribution in [2.45, 2.75) is 11.7 Å². The summed E-state index contributed by atoms with van der Waals surface area (Å²) < 4.78 is 20.7. The molecule has 0 aromatic carbocycles. The molecule has 2 atom stereocenters. The first-order chi connectivity index (χ1) is 6.11. The standard InChI is InChI=1S/C5H5ClFN3O2S/c6-4(7)3(5(8)11)12-2-1-13-10-9-2/h1,3-4H,(H2,8,11). The molecule has 0 saturated carbocycles. The molecule has 1 rings (SSSR count). The summed E-state index contributed by atoms with van der Waals surface area (Å²) >= 11 is 6.02. The number of nitrogens with zero attached hydrogens (tertiary/aromatic N) is 2. The van der Waals surface area contributed by atoms with E-state index in [-0.39, 0.29) is 5.88 Å². The van der Waals surface area contributed by atoms with E-state index in [1.54, 1.807) is 0 Å². The SMILES string of the molecule is NC(=O)C(Oc1csnn1)C(F)Cl.